The summed E-state index contributed by atoms with van der Waals surface area (Å²) in [7, 11) is 2.75. The number of nitrogens with zero attached hydrogens (tertiary/aromatic N) is 1. The van der Waals surface area contributed by atoms with Crippen LogP contribution in [-0.4, -0.2) is 35.8 Å². The summed E-state index contributed by atoms with van der Waals surface area (Å²) in [5, 5.41) is 3.39. The number of nitrogens with one attached hydrogen (secondary N) is 1. The highest BCUT2D eigenvalue weighted by Gasteiger charge is 2.23. The minimum Gasteiger partial charge on any atom is -0.495 e. The van der Waals surface area contributed by atoms with Gasteiger partial charge < -0.3 is 14.8 Å². The maximum atomic E-state index is 12.9. The molecule has 1 aromatic carbocycles. The van der Waals surface area contributed by atoms with Crippen LogP contribution in [0.25, 0.3) is 0 Å². The van der Waals surface area contributed by atoms with Crippen molar-refractivity contribution in [2.75, 3.05) is 19.5 Å². The smallest absolute Gasteiger partial charge is 0.340 e. The lowest BCUT2D eigenvalue weighted by atomic mass is 10.1. The number of hydrogen-bond acceptors (Lipinski definition) is 6. The number of rotatable bonds is 5. The van der Waals surface area contributed by atoms with Crippen molar-refractivity contribution < 1.29 is 19.1 Å². The Kier molecular flexibility index (Phi) is 6.26. The van der Waals surface area contributed by atoms with Crippen LogP contribution in [-0.2, 0) is 4.74 Å². The molecule has 0 saturated heterocycles. The van der Waals surface area contributed by atoms with Crippen molar-refractivity contribution in [1.29, 1.82) is 0 Å². The van der Waals surface area contributed by atoms with E-state index in [1.165, 1.54) is 26.0 Å². The molecule has 0 atom stereocenters. The summed E-state index contributed by atoms with van der Waals surface area (Å²) in [5.74, 6) is -0.565. The number of methoxy groups -OCH3 is 2. The van der Waals surface area contributed by atoms with E-state index in [-0.39, 0.29) is 21.9 Å². The summed E-state index contributed by atoms with van der Waals surface area (Å²) in [6.07, 6.45) is 1.65. The Morgan fingerprint density at radius 2 is 1.77 bits per heavy atom. The number of pyridine rings is 1. The first kappa shape index (κ1) is 19.8. The van der Waals surface area contributed by atoms with Crippen molar-refractivity contribution in [3.63, 3.8) is 0 Å². The number of carbonyl (C=O) groups excluding carboxylic acids is 2. The molecule has 7 heteroatoms. The second kappa shape index (κ2) is 8.23. The van der Waals surface area contributed by atoms with Crippen molar-refractivity contribution in [2.45, 2.75) is 30.5 Å². The molecule has 0 aliphatic heterocycles. The van der Waals surface area contributed by atoms with Crippen molar-refractivity contribution in [2.24, 2.45) is 0 Å². The Bertz CT molecular complexity index is 815. The number of anilines is 1. The van der Waals surface area contributed by atoms with E-state index < -0.39 is 5.97 Å². The van der Waals surface area contributed by atoms with Crippen molar-refractivity contribution in [1.82, 2.24) is 4.98 Å². The first-order valence-electron chi connectivity index (χ1n) is 7.97. The number of hydrogen-bond donors (Lipinski definition) is 1. The summed E-state index contributed by atoms with van der Waals surface area (Å²) in [4.78, 5) is 29.2. The van der Waals surface area contributed by atoms with Gasteiger partial charge in [0, 0.05) is 10.9 Å². The lowest BCUT2D eigenvalue weighted by molar-refractivity contribution is 0.0601. The predicted octanol–water partition coefficient (Wildman–Crippen LogP) is 4.02. The maximum Gasteiger partial charge on any atom is 0.340 e. The minimum atomic E-state index is -0.560. The van der Waals surface area contributed by atoms with Crippen LogP contribution in [0.4, 0.5) is 5.69 Å². The Hall–Kier alpha value is -2.54. The van der Waals surface area contributed by atoms with Gasteiger partial charge in [-0.15, -0.1) is 0 Å². The quantitative estimate of drug-likeness (QED) is 0.629. The van der Waals surface area contributed by atoms with Crippen LogP contribution in [0, 0.1) is 0 Å². The molecule has 2 aromatic rings. The fourth-order valence-electron chi connectivity index (χ4n) is 2.23. The lowest BCUT2D eigenvalue weighted by Crippen LogP contribution is -2.18. The second-order valence-electron chi connectivity index (χ2n) is 6.40. The highest BCUT2D eigenvalue weighted by Crippen LogP contribution is 2.34. The average molecular weight is 374 g/mol. The van der Waals surface area contributed by atoms with Gasteiger partial charge in [-0.25, -0.2) is 9.78 Å². The maximum absolute atomic E-state index is 12.9. The molecule has 0 unspecified atom stereocenters. The van der Waals surface area contributed by atoms with Crippen LogP contribution in [0.15, 0.2) is 41.6 Å². The molecule has 0 spiro atoms. The van der Waals surface area contributed by atoms with Crippen molar-refractivity contribution >= 4 is 29.3 Å². The van der Waals surface area contributed by atoms with Gasteiger partial charge in [-0.2, -0.15) is 0 Å². The number of aromatic nitrogens is 1. The Morgan fingerprint density at radius 3 is 2.38 bits per heavy atom. The summed E-state index contributed by atoms with van der Waals surface area (Å²) in [6, 6.07) is 8.29. The van der Waals surface area contributed by atoms with Crippen molar-refractivity contribution in [3.8, 4) is 5.75 Å². The van der Waals surface area contributed by atoms with E-state index >= 15 is 0 Å². The number of ether oxygens (including phenoxy) is 2. The van der Waals surface area contributed by atoms with Gasteiger partial charge in [0.05, 0.1) is 31.0 Å². The molecule has 0 aliphatic rings. The van der Waals surface area contributed by atoms with Gasteiger partial charge in [0.15, 0.2) is 0 Å². The zero-order chi connectivity index (χ0) is 19.3. The van der Waals surface area contributed by atoms with E-state index in [0.29, 0.717) is 16.3 Å². The molecule has 2 rings (SSSR count). The SMILES string of the molecule is COC(=O)c1cccc(OC)c1NC(=O)c1cccnc1SC(C)(C)C. The lowest BCUT2D eigenvalue weighted by Gasteiger charge is -2.19. The third-order valence-electron chi connectivity index (χ3n) is 3.31. The molecule has 0 fully saturated rings. The average Bonchev–Trinajstić information content (AvgIpc) is 2.60. The molecule has 0 radical (unpaired) electrons. The Morgan fingerprint density at radius 1 is 1.08 bits per heavy atom. The molecule has 1 N–H and O–H groups in total. The summed E-state index contributed by atoms with van der Waals surface area (Å²) in [5.41, 5.74) is 0.908. The molecular weight excluding hydrogens is 352 g/mol. The van der Waals surface area contributed by atoms with Gasteiger partial charge >= 0.3 is 5.97 Å². The number of esters is 1. The minimum absolute atomic E-state index is 0.106. The molecule has 1 heterocycles. The Labute approximate surface area is 157 Å². The van der Waals surface area contributed by atoms with Gasteiger partial charge in [0.25, 0.3) is 5.91 Å². The summed E-state index contributed by atoms with van der Waals surface area (Å²) >= 11 is 1.50. The zero-order valence-electron chi connectivity index (χ0n) is 15.5. The molecule has 6 nitrogen and oxygen atoms in total. The third kappa shape index (κ3) is 4.76. The van der Waals surface area contributed by atoms with Gasteiger partial charge in [-0.1, -0.05) is 38.6 Å². The molecule has 1 amide bonds. The highest BCUT2D eigenvalue weighted by atomic mass is 32.2. The third-order valence-corrected chi connectivity index (χ3v) is 4.44. The van der Waals surface area contributed by atoms with Crippen LogP contribution >= 0.6 is 11.8 Å². The predicted molar refractivity (Wildman–Crippen MR) is 102 cm³/mol. The number of thioether (sulfide) groups is 1. The summed E-state index contributed by atoms with van der Waals surface area (Å²) in [6.45, 7) is 6.14. The molecule has 26 heavy (non-hydrogen) atoms. The zero-order valence-corrected chi connectivity index (χ0v) is 16.3. The monoisotopic (exact) mass is 374 g/mol. The van der Waals surface area contributed by atoms with E-state index in [0.717, 1.165) is 0 Å². The molecule has 0 bridgehead atoms. The van der Waals surface area contributed by atoms with Crippen LogP contribution in [0.1, 0.15) is 41.5 Å². The number of carbonyl (C=O) groups is 2. The number of amides is 1. The topological polar surface area (TPSA) is 77.5 Å². The first-order valence-corrected chi connectivity index (χ1v) is 8.79. The van der Waals surface area contributed by atoms with E-state index in [1.54, 1.807) is 36.5 Å². The first-order chi connectivity index (χ1) is 12.3. The Balaban J connectivity index is 2.41. The highest BCUT2D eigenvalue weighted by molar-refractivity contribution is 8.00. The molecule has 0 aliphatic carbocycles. The number of benzene rings is 1. The van der Waals surface area contributed by atoms with E-state index in [1.807, 2.05) is 20.8 Å². The molecule has 1 aromatic heterocycles. The van der Waals surface area contributed by atoms with Crippen LogP contribution in [0.3, 0.4) is 0 Å². The molecule has 0 saturated carbocycles. The van der Waals surface area contributed by atoms with Crippen LogP contribution in [0.2, 0.25) is 0 Å². The van der Waals surface area contributed by atoms with Gasteiger partial charge in [0.1, 0.15) is 10.8 Å². The van der Waals surface area contributed by atoms with Crippen LogP contribution < -0.4 is 10.1 Å². The second-order valence-corrected chi connectivity index (χ2v) is 8.21. The van der Waals surface area contributed by atoms with E-state index in [4.69, 9.17) is 9.47 Å². The fraction of sp³-hybridized carbons (Fsp3) is 0.316. The number of para-hydroxylation sites is 1. The molecular formula is C19H22N2O4S. The largest absolute Gasteiger partial charge is 0.495 e. The fourth-order valence-corrected chi connectivity index (χ4v) is 3.19. The normalized spacial score (nSPS) is 11.0. The van der Waals surface area contributed by atoms with E-state index in [2.05, 4.69) is 10.3 Å². The summed E-state index contributed by atoms with van der Waals surface area (Å²) < 4.78 is 9.97. The molecule has 138 valence electrons. The standard InChI is InChI=1S/C19H22N2O4S/c1-19(2,3)26-17-13(9-7-11-20-17)16(22)21-15-12(18(23)25-5)8-6-10-14(15)24-4/h6-11H,1-5H3,(H,21,22). The van der Waals surface area contributed by atoms with Gasteiger partial charge in [0.2, 0.25) is 0 Å². The van der Waals surface area contributed by atoms with Crippen LogP contribution in [0.5, 0.6) is 5.75 Å². The van der Waals surface area contributed by atoms with Gasteiger partial charge in [-0.05, 0) is 24.3 Å². The van der Waals surface area contributed by atoms with Crippen molar-refractivity contribution in [3.05, 3.63) is 47.7 Å². The van der Waals surface area contributed by atoms with E-state index in [9.17, 15) is 9.59 Å². The van der Waals surface area contributed by atoms with Gasteiger partial charge in [-0.3, -0.25) is 4.79 Å².